The maximum atomic E-state index is 12.4. The Morgan fingerprint density at radius 2 is 2.04 bits per heavy atom. The van der Waals surface area contributed by atoms with Crippen LogP contribution in [0, 0.1) is 0 Å². The van der Waals surface area contributed by atoms with E-state index in [4.69, 9.17) is 9.15 Å². The number of rotatable bonds is 5. The van der Waals surface area contributed by atoms with E-state index >= 15 is 0 Å². The molecule has 0 radical (unpaired) electrons. The second-order valence-electron chi connectivity index (χ2n) is 5.49. The minimum absolute atomic E-state index is 0.0364. The standard InChI is InChI=1S/C16H19N3O4S/c1-22-10-14-17-12(11-24-14)9-15(20)18-4-6-19(7-5-18)16(21)13-3-2-8-23-13/h2-3,8,11H,4-7,9-10H2,1H3. The zero-order chi connectivity index (χ0) is 16.9. The molecule has 128 valence electrons. The normalized spacial score (nSPS) is 14.9. The lowest BCUT2D eigenvalue weighted by Gasteiger charge is -2.34. The van der Waals surface area contributed by atoms with Crippen LogP contribution in [0.5, 0.6) is 0 Å². The van der Waals surface area contributed by atoms with Crippen molar-refractivity contribution >= 4 is 23.2 Å². The highest BCUT2D eigenvalue weighted by molar-refractivity contribution is 7.09. The molecule has 1 fully saturated rings. The first kappa shape index (κ1) is 16.7. The van der Waals surface area contributed by atoms with E-state index in [0.29, 0.717) is 38.5 Å². The summed E-state index contributed by atoms with van der Waals surface area (Å²) in [6, 6.07) is 3.35. The molecule has 2 aromatic rings. The molecule has 0 N–H and O–H groups in total. The second-order valence-corrected chi connectivity index (χ2v) is 6.44. The van der Waals surface area contributed by atoms with Gasteiger partial charge in [-0.1, -0.05) is 0 Å². The summed E-state index contributed by atoms with van der Waals surface area (Å²) in [4.78, 5) is 32.4. The van der Waals surface area contributed by atoms with Gasteiger partial charge in [0.05, 0.1) is 25.0 Å². The number of thiazole rings is 1. The fraction of sp³-hybridized carbons (Fsp3) is 0.438. The molecule has 0 atom stereocenters. The zero-order valence-corrected chi connectivity index (χ0v) is 14.3. The number of nitrogens with zero attached hydrogens (tertiary/aromatic N) is 3. The smallest absolute Gasteiger partial charge is 0.289 e. The number of carbonyl (C=O) groups is 2. The van der Waals surface area contributed by atoms with Gasteiger partial charge in [-0.25, -0.2) is 4.98 Å². The summed E-state index contributed by atoms with van der Waals surface area (Å²) in [5, 5.41) is 2.76. The maximum absolute atomic E-state index is 12.4. The van der Waals surface area contributed by atoms with Gasteiger partial charge in [-0.3, -0.25) is 9.59 Å². The number of piperazine rings is 1. The minimum Gasteiger partial charge on any atom is -0.459 e. The third kappa shape index (κ3) is 3.82. The Morgan fingerprint density at radius 3 is 2.71 bits per heavy atom. The Labute approximate surface area is 143 Å². The van der Waals surface area contributed by atoms with E-state index < -0.39 is 0 Å². The van der Waals surface area contributed by atoms with Crippen LogP contribution < -0.4 is 0 Å². The monoisotopic (exact) mass is 349 g/mol. The van der Waals surface area contributed by atoms with E-state index in [2.05, 4.69) is 4.98 Å². The van der Waals surface area contributed by atoms with Crippen LogP contribution in [0.3, 0.4) is 0 Å². The quantitative estimate of drug-likeness (QED) is 0.816. The highest BCUT2D eigenvalue weighted by Crippen LogP contribution is 2.14. The second kappa shape index (κ2) is 7.59. The van der Waals surface area contributed by atoms with Crippen molar-refractivity contribution in [2.24, 2.45) is 0 Å². The third-order valence-corrected chi connectivity index (χ3v) is 4.72. The molecule has 24 heavy (non-hydrogen) atoms. The van der Waals surface area contributed by atoms with E-state index in [9.17, 15) is 9.59 Å². The van der Waals surface area contributed by atoms with Crippen molar-refractivity contribution in [1.29, 1.82) is 0 Å². The first-order valence-corrected chi connectivity index (χ1v) is 8.58. The molecule has 8 heteroatoms. The molecular formula is C16H19N3O4S. The van der Waals surface area contributed by atoms with Crippen molar-refractivity contribution in [3.05, 3.63) is 40.2 Å². The Bertz CT molecular complexity index is 690. The van der Waals surface area contributed by atoms with Crippen LogP contribution in [0.1, 0.15) is 21.3 Å². The van der Waals surface area contributed by atoms with Crippen LogP contribution in [0.2, 0.25) is 0 Å². The number of hydrogen-bond donors (Lipinski definition) is 0. The van der Waals surface area contributed by atoms with E-state index in [1.165, 1.54) is 17.6 Å². The molecule has 0 spiro atoms. The Kier molecular flexibility index (Phi) is 5.27. The van der Waals surface area contributed by atoms with Crippen LogP contribution in [-0.2, 0) is 22.6 Å². The first-order valence-electron chi connectivity index (χ1n) is 7.70. The Morgan fingerprint density at radius 1 is 1.29 bits per heavy atom. The third-order valence-electron chi connectivity index (χ3n) is 3.85. The molecule has 3 heterocycles. The van der Waals surface area contributed by atoms with Gasteiger partial charge >= 0.3 is 0 Å². The van der Waals surface area contributed by atoms with Gasteiger partial charge in [0.1, 0.15) is 5.01 Å². The van der Waals surface area contributed by atoms with Gasteiger partial charge in [-0.2, -0.15) is 0 Å². The summed E-state index contributed by atoms with van der Waals surface area (Å²) in [7, 11) is 1.62. The summed E-state index contributed by atoms with van der Waals surface area (Å²) in [5.74, 6) is 0.244. The fourth-order valence-electron chi connectivity index (χ4n) is 2.60. The molecule has 3 rings (SSSR count). The minimum atomic E-state index is -0.129. The van der Waals surface area contributed by atoms with Crippen molar-refractivity contribution in [3.8, 4) is 0 Å². The van der Waals surface area contributed by atoms with Gasteiger partial charge in [0.15, 0.2) is 5.76 Å². The summed E-state index contributed by atoms with van der Waals surface area (Å²) in [5.41, 5.74) is 0.770. The highest BCUT2D eigenvalue weighted by Gasteiger charge is 2.26. The van der Waals surface area contributed by atoms with Crippen LogP contribution in [0.4, 0.5) is 0 Å². The Balaban J connectivity index is 1.50. The van der Waals surface area contributed by atoms with E-state index in [1.54, 1.807) is 29.0 Å². The van der Waals surface area contributed by atoms with Crippen LogP contribution in [-0.4, -0.2) is 59.9 Å². The highest BCUT2D eigenvalue weighted by atomic mass is 32.1. The Hall–Kier alpha value is -2.19. The molecule has 0 unspecified atom stereocenters. The molecule has 0 bridgehead atoms. The van der Waals surface area contributed by atoms with E-state index in [0.717, 1.165) is 10.7 Å². The molecule has 7 nitrogen and oxygen atoms in total. The molecule has 1 aliphatic rings. The molecule has 0 aromatic carbocycles. The van der Waals surface area contributed by atoms with Crippen molar-refractivity contribution in [2.45, 2.75) is 13.0 Å². The lowest BCUT2D eigenvalue weighted by atomic mass is 10.2. The largest absolute Gasteiger partial charge is 0.459 e. The average Bonchev–Trinajstić information content (AvgIpc) is 3.27. The molecule has 2 amide bonds. The van der Waals surface area contributed by atoms with Gasteiger partial charge in [0.2, 0.25) is 5.91 Å². The van der Waals surface area contributed by atoms with Crippen molar-refractivity contribution in [1.82, 2.24) is 14.8 Å². The molecule has 1 aliphatic heterocycles. The van der Waals surface area contributed by atoms with Gasteiger partial charge in [-0.05, 0) is 12.1 Å². The SMILES string of the molecule is COCc1nc(CC(=O)N2CCN(C(=O)c3ccco3)CC2)cs1. The first-order chi connectivity index (χ1) is 11.7. The van der Waals surface area contributed by atoms with Crippen LogP contribution in [0.15, 0.2) is 28.2 Å². The summed E-state index contributed by atoms with van der Waals surface area (Å²) in [6.07, 6.45) is 1.77. The lowest BCUT2D eigenvalue weighted by molar-refractivity contribution is -0.132. The maximum Gasteiger partial charge on any atom is 0.289 e. The average molecular weight is 349 g/mol. The molecule has 1 saturated heterocycles. The van der Waals surface area contributed by atoms with E-state index in [1.807, 2.05) is 5.38 Å². The predicted molar refractivity (Wildman–Crippen MR) is 87.7 cm³/mol. The number of aromatic nitrogens is 1. The van der Waals surface area contributed by atoms with Gasteiger partial charge in [0.25, 0.3) is 5.91 Å². The van der Waals surface area contributed by atoms with Crippen molar-refractivity contribution in [3.63, 3.8) is 0 Å². The summed E-state index contributed by atoms with van der Waals surface area (Å²) < 4.78 is 10.2. The summed E-state index contributed by atoms with van der Waals surface area (Å²) >= 11 is 1.50. The fourth-order valence-corrected chi connectivity index (χ4v) is 3.37. The molecular weight excluding hydrogens is 330 g/mol. The molecule has 0 aliphatic carbocycles. The number of methoxy groups -OCH3 is 1. The number of furan rings is 1. The van der Waals surface area contributed by atoms with E-state index in [-0.39, 0.29) is 18.2 Å². The van der Waals surface area contributed by atoms with Crippen LogP contribution in [0.25, 0.3) is 0 Å². The lowest BCUT2D eigenvalue weighted by Crippen LogP contribution is -2.50. The zero-order valence-electron chi connectivity index (χ0n) is 13.4. The number of carbonyl (C=O) groups excluding carboxylic acids is 2. The molecule has 0 saturated carbocycles. The van der Waals surface area contributed by atoms with Gasteiger partial charge in [0, 0.05) is 38.7 Å². The number of amides is 2. The predicted octanol–water partition coefficient (Wildman–Crippen LogP) is 1.41. The van der Waals surface area contributed by atoms with Gasteiger partial charge < -0.3 is 19.0 Å². The topological polar surface area (TPSA) is 75.9 Å². The van der Waals surface area contributed by atoms with Crippen molar-refractivity contribution < 1.29 is 18.7 Å². The molecule has 2 aromatic heterocycles. The van der Waals surface area contributed by atoms with Crippen molar-refractivity contribution in [2.75, 3.05) is 33.3 Å². The van der Waals surface area contributed by atoms with Crippen LogP contribution >= 0.6 is 11.3 Å². The van der Waals surface area contributed by atoms with Gasteiger partial charge in [-0.15, -0.1) is 11.3 Å². The number of hydrogen-bond acceptors (Lipinski definition) is 6. The number of ether oxygens (including phenoxy) is 1. The summed E-state index contributed by atoms with van der Waals surface area (Å²) in [6.45, 7) is 2.54.